The fourth-order valence-corrected chi connectivity index (χ4v) is 2.47. The van der Waals surface area contributed by atoms with Gasteiger partial charge >= 0.3 is 0 Å². The summed E-state index contributed by atoms with van der Waals surface area (Å²) in [5, 5.41) is 3.09. The van der Waals surface area contributed by atoms with Gasteiger partial charge in [0.25, 0.3) is 0 Å². The normalized spacial score (nSPS) is 12.4. The zero-order valence-corrected chi connectivity index (χ0v) is 11.6. The number of hydrogen-bond donors (Lipinski definition) is 1. The molecule has 0 aliphatic carbocycles. The monoisotopic (exact) mass is 279 g/mol. The molecule has 0 aromatic heterocycles. The predicted octanol–water partition coefficient (Wildman–Crippen LogP) is 4.00. The van der Waals surface area contributed by atoms with E-state index in [1.807, 2.05) is 30.5 Å². The van der Waals surface area contributed by atoms with Crippen LogP contribution in [-0.4, -0.2) is 13.3 Å². The first-order valence-corrected chi connectivity index (χ1v) is 7.13. The van der Waals surface area contributed by atoms with Gasteiger partial charge in [-0.1, -0.05) is 12.1 Å². The quantitative estimate of drug-likeness (QED) is 0.849. The van der Waals surface area contributed by atoms with E-state index >= 15 is 0 Å². The average molecular weight is 279 g/mol. The minimum Gasteiger partial charge on any atom is -0.309 e. The van der Waals surface area contributed by atoms with Gasteiger partial charge in [0.2, 0.25) is 0 Å². The van der Waals surface area contributed by atoms with Crippen LogP contribution in [0.15, 0.2) is 47.4 Å². The van der Waals surface area contributed by atoms with E-state index in [0.29, 0.717) is 5.56 Å². The van der Waals surface area contributed by atoms with Crippen molar-refractivity contribution in [3.05, 3.63) is 65.2 Å². The number of nitrogens with one attached hydrogen (secondary N) is 1. The van der Waals surface area contributed by atoms with Gasteiger partial charge in [-0.05, 0) is 48.7 Å². The van der Waals surface area contributed by atoms with Crippen molar-refractivity contribution in [3.8, 4) is 0 Å². The van der Waals surface area contributed by atoms with E-state index in [1.54, 1.807) is 18.8 Å². The number of hydrogen-bond acceptors (Lipinski definition) is 2. The Labute approximate surface area is 116 Å². The third kappa shape index (κ3) is 3.33. The van der Waals surface area contributed by atoms with Crippen LogP contribution < -0.4 is 5.32 Å². The topological polar surface area (TPSA) is 12.0 Å². The lowest BCUT2D eigenvalue weighted by molar-refractivity contribution is 0.571. The fraction of sp³-hybridized carbons (Fsp3) is 0.200. The Hall–Kier alpha value is -1.39. The minimum absolute atomic E-state index is 0.221. The number of rotatable bonds is 4. The van der Waals surface area contributed by atoms with E-state index in [1.165, 1.54) is 12.1 Å². The summed E-state index contributed by atoms with van der Waals surface area (Å²) in [6, 6.07) is 11.3. The van der Waals surface area contributed by atoms with E-state index in [9.17, 15) is 8.78 Å². The van der Waals surface area contributed by atoms with Crippen molar-refractivity contribution in [2.45, 2.75) is 10.9 Å². The summed E-state index contributed by atoms with van der Waals surface area (Å²) < 4.78 is 26.6. The molecule has 0 aliphatic heterocycles. The molecule has 0 amide bonds. The summed E-state index contributed by atoms with van der Waals surface area (Å²) >= 11 is 1.66. The van der Waals surface area contributed by atoms with E-state index in [0.717, 1.165) is 16.5 Å². The molecule has 1 unspecified atom stereocenters. The molecule has 0 radical (unpaired) electrons. The van der Waals surface area contributed by atoms with Gasteiger partial charge in [0.05, 0.1) is 6.04 Å². The largest absolute Gasteiger partial charge is 0.309 e. The van der Waals surface area contributed by atoms with E-state index in [4.69, 9.17) is 0 Å². The molecular formula is C15H15F2NS. The highest BCUT2D eigenvalue weighted by Gasteiger charge is 2.14. The lowest BCUT2D eigenvalue weighted by Gasteiger charge is -2.17. The Balaban J connectivity index is 2.37. The Morgan fingerprint density at radius 2 is 1.53 bits per heavy atom. The smallest absolute Gasteiger partial charge is 0.126 e. The second-order valence-corrected chi connectivity index (χ2v) is 5.08. The van der Waals surface area contributed by atoms with Crippen LogP contribution in [0.1, 0.15) is 17.2 Å². The molecular weight excluding hydrogens is 264 g/mol. The summed E-state index contributed by atoms with van der Waals surface area (Å²) in [5.74, 6) is -1.12. The summed E-state index contributed by atoms with van der Waals surface area (Å²) in [7, 11) is 1.77. The van der Waals surface area contributed by atoms with Crippen LogP contribution in [0.3, 0.4) is 0 Å². The summed E-state index contributed by atoms with van der Waals surface area (Å²) in [5.41, 5.74) is 1.56. The van der Waals surface area contributed by atoms with Gasteiger partial charge in [-0.25, -0.2) is 8.78 Å². The zero-order chi connectivity index (χ0) is 13.8. The van der Waals surface area contributed by atoms with Crippen LogP contribution in [0.25, 0.3) is 0 Å². The third-order valence-electron chi connectivity index (χ3n) is 2.96. The number of halogens is 2. The maximum absolute atomic E-state index is 13.3. The van der Waals surface area contributed by atoms with Crippen molar-refractivity contribution in [1.29, 1.82) is 0 Å². The van der Waals surface area contributed by atoms with Crippen LogP contribution >= 0.6 is 11.8 Å². The maximum atomic E-state index is 13.3. The lowest BCUT2D eigenvalue weighted by atomic mass is 9.99. The molecule has 0 bridgehead atoms. The first-order valence-electron chi connectivity index (χ1n) is 5.91. The molecule has 2 rings (SSSR count). The molecule has 2 aromatic carbocycles. The zero-order valence-electron chi connectivity index (χ0n) is 10.8. The Kier molecular flexibility index (Phi) is 4.56. The van der Waals surface area contributed by atoms with Crippen molar-refractivity contribution in [2.24, 2.45) is 0 Å². The molecule has 0 aliphatic rings. The third-order valence-corrected chi connectivity index (χ3v) is 3.70. The molecule has 0 saturated carbocycles. The van der Waals surface area contributed by atoms with Gasteiger partial charge in [0, 0.05) is 11.0 Å². The van der Waals surface area contributed by atoms with Gasteiger partial charge in [0.15, 0.2) is 0 Å². The molecule has 1 nitrogen and oxygen atoms in total. The van der Waals surface area contributed by atoms with E-state index < -0.39 is 11.6 Å². The van der Waals surface area contributed by atoms with Crippen molar-refractivity contribution in [3.63, 3.8) is 0 Å². The van der Waals surface area contributed by atoms with Crippen molar-refractivity contribution >= 4 is 11.8 Å². The lowest BCUT2D eigenvalue weighted by Crippen LogP contribution is -2.18. The average Bonchev–Trinajstić information content (AvgIpc) is 2.39. The van der Waals surface area contributed by atoms with Crippen molar-refractivity contribution in [1.82, 2.24) is 5.32 Å². The highest BCUT2D eigenvalue weighted by atomic mass is 32.2. The van der Waals surface area contributed by atoms with Crippen molar-refractivity contribution < 1.29 is 8.78 Å². The van der Waals surface area contributed by atoms with Gasteiger partial charge in [-0.2, -0.15) is 0 Å². The first-order chi connectivity index (χ1) is 9.13. The molecule has 0 heterocycles. The first kappa shape index (κ1) is 14.0. The summed E-state index contributed by atoms with van der Waals surface area (Å²) in [6.45, 7) is 0. The Morgan fingerprint density at radius 3 is 2.00 bits per heavy atom. The molecule has 1 atom stereocenters. The van der Waals surface area contributed by atoms with Gasteiger partial charge in [-0.15, -0.1) is 11.8 Å². The second-order valence-electron chi connectivity index (χ2n) is 4.20. The van der Waals surface area contributed by atoms with Gasteiger partial charge in [0.1, 0.15) is 11.6 Å². The highest BCUT2D eigenvalue weighted by molar-refractivity contribution is 7.98. The predicted molar refractivity (Wildman–Crippen MR) is 75.5 cm³/mol. The standard InChI is InChI=1S/C15H15F2NS/c1-18-15(10-3-5-14(19-2)6-4-10)11-7-12(16)9-13(17)8-11/h3-9,15,18H,1-2H3. The fourth-order valence-electron chi connectivity index (χ4n) is 2.06. The number of benzene rings is 2. The van der Waals surface area contributed by atoms with Crippen LogP contribution in [0, 0.1) is 11.6 Å². The maximum Gasteiger partial charge on any atom is 0.126 e. The Bertz CT molecular complexity index is 534. The molecule has 1 N–H and O–H groups in total. The molecule has 4 heteroatoms. The molecule has 0 fully saturated rings. The van der Waals surface area contributed by atoms with Crippen LogP contribution in [0.4, 0.5) is 8.78 Å². The second kappa shape index (κ2) is 6.17. The van der Waals surface area contributed by atoms with E-state index in [-0.39, 0.29) is 6.04 Å². The molecule has 19 heavy (non-hydrogen) atoms. The minimum atomic E-state index is -0.559. The van der Waals surface area contributed by atoms with Gasteiger partial charge in [-0.3, -0.25) is 0 Å². The highest BCUT2D eigenvalue weighted by Crippen LogP contribution is 2.25. The number of thioether (sulfide) groups is 1. The van der Waals surface area contributed by atoms with Gasteiger partial charge < -0.3 is 5.32 Å². The summed E-state index contributed by atoms with van der Waals surface area (Å²) in [6.07, 6.45) is 2.01. The molecule has 0 saturated heterocycles. The van der Waals surface area contributed by atoms with Crippen molar-refractivity contribution in [2.75, 3.05) is 13.3 Å². The SMILES string of the molecule is CNC(c1ccc(SC)cc1)c1cc(F)cc(F)c1. The van der Waals surface area contributed by atoms with E-state index in [2.05, 4.69) is 5.32 Å². The summed E-state index contributed by atoms with van der Waals surface area (Å²) in [4.78, 5) is 1.16. The molecule has 100 valence electrons. The van der Waals surface area contributed by atoms with Crippen LogP contribution in [0.5, 0.6) is 0 Å². The van der Waals surface area contributed by atoms with Crippen LogP contribution in [-0.2, 0) is 0 Å². The Morgan fingerprint density at radius 1 is 0.947 bits per heavy atom. The molecule has 0 spiro atoms. The molecule has 2 aromatic rings. The van der Waals surface area contributed by atoms with Crippen LogP contribution in [0.2, 0.25) is 0 Å².